The van der Waals surface area contributed by atoms with Crippen LogP contribution in [0.3, 0.4) is 0 Å². The Morgan fingerprint density at radius 2 is 1.11 bits per heavy atom. The molecule has 0 aromatic heterocycles. The predicted octanol–water partition coefficient (Wildman–Crippen LogP) is 7.56. The van der Waals surface area contributed by atoms with Crippen LogP contribution in [-0.2, 0) is 19.1 Å². The largest absolute Gasteiger partial charge is 0.481 e. The molecule has 8 aliphatic rings. The Hall–Kier alpha value is -2.77. The van der Waals surface area contributed by atoms with Crippen molar-refractivity contribution in [3.05, 3.63) is 0 Å². The zero-order valence-corrected chi connectivity index (χ0v) is 38.4. The molecule has 0 radical (unpaired) electrons. The molecule has 0 aromatic carbocycles. The Morgan fingerprint density at radius 3 is 1.50 bits per heavy atom. The van der Waals surface area contributed by atoms with E-state index in [1.54, 1.807) is 0 Å². The minimum Gasteiger partial charge on any atom is -0.481 e. The fourth-order valence-corrected chi connectivity index (χ4v) is 12.2. The van der Waals surface area contributed by atoms with Crippen molar-refractivity contribution in [3.63, 3.8) is 0 Å². The summed E-state index contributed by atoms with van der Waals surface area (Å²) >= 11 is 0. The molecule has 0 bridgehead atoms. The van der Waals surface area contributed by atoms with Crippen LogP contribution in [-0.4, -0.2) is 169 Å². The van der Waals surface area contributed by atoms with Crippen molar-refractivity contribution in [1.82, 2.24) is 29.8 Å². The minimum absolute atomic E-state index is 0. The van der Waals surface area contributed by atoms with Gasteiger partial charge in [-0.15, -0.1) is 12.4 Å². The van der Waals surface area contributed by atoms with Crippen LogP contribution in [0, 0.1) is 22.7 Å². The summed E-state index contributed by atoms with van der Waals surface area (Å²) < 4.78 is 81.1. The van der Waals surface area contributed by atoms with E-state index in [9.17, 15) is 45.5 Å². The van der Waals surface area contributed by atoms with Gasteiger partial charge in [0, 0.05) is 56.9 Å². The van der Waals surface area contributed by atoms with Gasteiger partial charge in [-0.2, -0.15) is 26.3 Å². The highest BCUT2D eigenvalue weighted by Crippen LogP contribution is 2.52. The van der Waals surface area contributed by atoms with Crippen molar-refractivity contribution in [2.75, 3.05) is 78.7 Å². The van der Waals surface area contributed by atoms with Gasteiger partial charge in [-0.05, 0) is 159 Å². The van der Waals surface area contributed by atoms with E-state index < -0.39 is 37.1 Å². The highest BCUT2D eigenvalue weighted by molar-refractivity contribution is 5.85. The second-order valence-corrected chi connectivity index (χ2v) is 19.6. The van der Waals surface area contributed by atoms with Gasteiger partial charge < -0.3 is 44.4 Å². The maximum Gasteiger partial charge on any atom is 0.409 e. The molecule has 2 spiro atoms. The summed E-state index contributed by atoms with van der Waals surface area (Å²) in [6.45, 7) is 14.1. The third-order valence-corrected chi connectivity index (χ3v) is 15.3. The lowest BCUT2D eigenvalue weighted by molar-refractivity contribution is -0.166. The van der Waals surface area contributed by atoms with Gasteiger partial charge in [-0.3, -0.25) is 9.59 Å². The van der Waals surface area contributed by atoms with E-state index in [2.05, 4.69) is 15.1 Å². The molecule has 20 heteroatoms. The van der Waals surface area contributed by atoms with Crippen molar-refractivity contribution >= 4 is 36.5 Å². The summed E-state index contributed by atoms with van der Waals surface area (Å²) in [6, 6.07) is 2.07. The SMILES string of the molecule is CCOC(=O)N1CCC2(CC(N3CCC([C@@H]4CCCN4)CC3)C2)C1.CCOC(=O)N1CCC2(CC(N3CCC([C@@H]4CCCN4C(=O)CC(F)(F)F)CC3)C2)C1.Cl.O=C(O)CC(F)(F)F. The summed E-state index contributed by atoms with van der Waals surface area (Å²) in [5.74, 6) is -1.40. The van der Waals surface area contributed by atoms with Crippen LogP contribution in [0.25, 0.3) is 0 Å². The second-order valence-electron chi connectivity index (χ2n) is 19.6. The fourth-order valence-electron chi connectivity index (χ4n) is 12.2. The molecule has 8 fully saturated rings. The number of halogens is 7. The van der Waals surface area contributed by atoms with Crippen LogP contribution in [0.1, 0.15) is 117 Å². The van der Waals surface area contributed by atoms with Gasteiger partial charge in [0.25, 0.3) is 0 Å². The van der Waals surface area contributed by atoms with Crippen LogP contribution >= 0.6 is 12.4 Å². The molecule has 6 heterocycles. The molecular weight excluding hydrogens is 874 g/mol. The van der Waals surface area contributed by atoms with Crippen molar-refractivity contribution < 1.29 is 60.1 Å². The van der Waals surface area contributed by atoms with E-state index >= 15 is 0 Å². The van der Waals surface area contributed by atoms with Crippen molar-refractivity contribution in [2.24, 2.45) is 22.7 Å². The van der Waals surface area contributed by atoms with Crippen molar-refractivity contribution in [3.8, 4) is 0 Å². The first-order valence-corrected chi connectivity index (χ1v) is 23.5. The van der Waals surface area contributed by atoms with E-state index in [4.69, 9.17) is 14.6 Å². The number of hydrogen-bond donors (Lipinski definition) is 2. The summed E-state index contributed by atoms with van der Waals surface area (Å²) in [5.41, 5.74) is 0.641. The molecule has 0 aromatic rings. The second kappa shape index (κ2) is 22.4. The predicted molar refractivity (Wildman–Crippen MR) is 228 cm³/mol. The van der Waals surface area contributed by atoms with Crippen LogP contribution < -0.4 is 5.32 Å². The number of carbonyl (C=O) groups is 4. The quantitative estimate of drug-likeness (QED) is 0.235. The summed E-state index contributed by atoms with van der Waals surface area (Å²) in [4.78, 5) is 55.9. The van der Waals surface area contributed by atoms with Crippen molar-refractivity contribution in [1.29, 1.82) is 0 Å². The van der Waals surface area contributed by atoms with E-state index in [0.29, 0.717) is 37.1 Å². The number of rotatable bonds is 8. The number of nitrogens with zero attached hydrogens (tertiary/aromatic N) is 5. The summed E-state index contributed by atoms with van der Waals surface area (Å²) in [7, 11) is 0. The minimum atomic E-state index is -4.58. The number of aliphatic carboxylic acids is 1. The van der Waals surface area contributed by atoms with E-state index in [-0.39, 0.29) is 36.1 Å². The number of ether oxygens (including phenoxy) is 2. The topological polar surface area (TPSA) is 135 Å². The van der Waals surface area contributed by atoms with Crippen LogP contribution in [0.15, 0.2) is 0 Å². The third-order valence-electron chi connectivity index (χ3n) is 15.3. The smallest absolute Gasteiger partial charge is 0.409 e. The average molecular weight is 946 g/mol. The monoisotopic (exact) mass is 944 g/mol. The molecule has 6 aliphatic heterocycles. The maximum absolute atomic E-state index is 12.7. The Bertz CT molecular complexity index is 1540. The normalized spacial score (nSPS) is 31.3. The van der Waals surface area contributed by atoms with Gasteiger partial charge in [0.2, 0.25) is 5.91 Å². The lowest BCUT2D eigenvalue weighted by atomic mass is 9.64. The molecule has 64 heavy (non-hydrogen) atoms. The number of hydrogen-bond acceptors (Lipinski definition) is 9. The van der Waals surface area contributed by atoms with E-state index in [1.165, 1.54) is 69.5 Å². The van der Waals surface area contributed by atoms with Gasteiger partial charge in [-0.1, -0.05) is 0 Å². The molecule has 2 saturated carbocycles. The number of carbonyl (C=O) groups excluding carboxylic acids is 3. The first-order valence-electron chi connectivity index (χ1n) is 23.5. The maximum atomic E-state index is 12.7. The molecule has 368 valence electrons. The molecule has 6 saturated heterocycles. The molecule has 0 unspecified atom stereocenters. The van der Waals surface area contributed by atoms with Crippen LogP contribution in [0.5, 0.6) is 0 Å². The van der Waals surface area contributed by atoms with Gasteiger partial charge in [0.05, 0.1) is 13.2 Å². The number of alkyl halides is 6. The Kier molecular flexibility index (Phi) is 18.2. The number of amides is 3. The average Bonchev–Trinajstić information content (AvgIpc) is 4.03. The van der Waals surface area contributed by atoms with Gasteiger partial charge >= 0.3 is 30.5 Å². The Labute approximate surface area is 380 Å². The fraction of sp³-hybridized carbons (Fsp3) is 0.909. The number of piperidine rings is 2. The zero-order chi connectivity index (χ0) is 45.6. The first-order chi connectivity index (χ1) is 29.8. The summed E-state index contributed by atoms with van der Waals surface area (Å²) in [6.07, 6.45) is 3.59. The number of nitrogens with one attached hydrogen (secondary N) is 1. The third kappa shape index (κ3) is 13.9. The summed E-state index contributed by atoms with van der Waals surface area (Å²) in [5, 5.41) is 11.2. The molecule has 3 amide bonds. The Morgan fingerprint density at radius 1 is 0.641 bits per heavy atom. The molecule has 2 aliphatic carbocycles. The Balaban J connectivity index is 0.000000207. The highest BCUT2D eigenvalue weighted by atomic mass is 35.5. The van der Waals surface area contributed by atoms with Crippen LogP contribution in [0.4, 0.5) is 35.9 Å². The standard InChI is InChI=1S/C22H34F3N3O3.C19H33N3O2.C3H3F3O2.ClH/c1-2-31-20(30)27-11-7-21(15-27)12-17(13-21)26-9-5-16(6-10-26)18-4-3-8-28(18)19(29)14-22(23,24)25;1-2-24-18(23)22-11-7-19(14-22)12-16(13-19)21-9-5-15(6-10-21)17-4-3-8-20-17;4-3(5,6)1-2(7)8;/h16-18H,2-15H2,1H3;15-17,20H,2-14H2,1H3;1H2,(H,7,8);1H/t17?,18-,21?;16?,17-,19?;;/m00../s1. The molecule has 2 atom stereocenters. The molecule has 2 N–H and O–H groups in total. The van der Waals surface area contributed by atoms with Gasteiger partial charge in [0.15, 0.2) is 0 Å². The first kappa shape index (κ1) is 52.2. The van der Waals surface area contributed by atoms with Gasteiger partial charge in [-0.25, -0.2) is 9.59 Å². The van der Waals surface area contributed by atoms with Crippen molar-refractivity contribution in [2.45, 2.75) is 153 Å². The zero-order valence-electron chi connectivity index (χ0n) is 37.6. The van der Waals surface area contributed by atoms with E-state index in [0.717, 1.165) is 102 Å². The lowest BCUT2D eigenvalue weighted by Crippen LogP contribution is -2.55. The van der Waals surface area contributed by atoms with Gasteiger partial charge in [0.1, 0.15) is 12.8 Å². The number of likely N-dealkylation sites (tertiary alicyclic amines) is 5. The van der Waals surface area contributed by atoms with Crippen LogP contribution in [0.2, 0.25) is 0 Å². The molecule has 13 nitrogen and oxygen atoms in total. The molecule has 8 rings (SSSR count). The van der Waals surface area contributed by atoms with E-state index in [1.807, 2.05) is 23.6 Å². The lowest BCUT2D eigenvalue weighted by Gasteiger charge is -2.52. The number of carboxylic acid groups (broad SMARTS) is 1. The highest BCUT2D eigenvalue weighted by Gasteiger charge is 2.53. The number of carboxylic acids is 1. The molecular formula is C44H71ClF6N6O7.